The second kappa shape index (κ2) is 3.85. The van der Waals surface area contributed by atoms with Crippen LogP contribution in [0.4, 0.5) is 5.69 Å². The lowest BCUT2D eigenvalue weighted by Crippen LogP contribution is -2.73. The van der Waals surface area contributed by atoms with Gasteiger partial charge in [0.1, 0.15) is 0 Å². The van der Waals surface area contributed by atoms with Crippen molar-refractivity contribution in [1.82, 2.24) is 0 Å². The van der Waals surface area contributed by atoms with Crippen LogP contribution in [0.25, 0.3) is 0 Å². The van der Waals surface area contributed by atoms with Crippen LogP contribution in [-0.2, 0) is 11.2 Å². The Hall–Kier alpha value is -1.39. The molecule has 0 aromatic heterocycles. The largest absolute Gasteiger partial charge is 0.481 e. The van der Waals surface area contributed by atoms with Crippen LogP contribution in [0, 0.1) is 0 Å². The number of carboxylic acids is 1. The maximum absolute atomic E-state index is 10.3. The van der Waals surface area contributed by atoms with Crippen LogP contribution in [0.5, 0.6) is 0 Å². The first-order chi connectivity index (χ1) is 5.72. The van der Waals surface area contributed by atoms with Crippen LogP contribution in [0.1, 0.15) is 5.56 Å². The molecule has 1 rings (SSSR count). The van der Waals surface area contributed by atoms with Crippen LogP contribution in [0.3, 0.4) is 0 Å². The highest BCUT2D eigenvalue weighted by Gasteiger charge is 2.00. The molecule has 4 nitrogen and oxygen atoms in total. The molecular formula is C8H10NO3+. The molecule has 0 fully saturated rings. The highest BCUT2D eigenvalue weighted by molar-refractivity contribution is 5.70. The van der Waals surface area contributed by atoms with Gasteiger partial charge in [-0.25, -0.2) is 5.21 Å². The second-order valence-electron chi connectivity index (χ2n) is 2.44. The Morgan fingerprint density at radius 1 is 1.33 bits per heavy atom. The van der Waals surface area contributed by atoms with E-state index in [0.717, 1.165) is 11.0 Å². The van der Waals surface area contributed by atoms with Gasteiger partial charge >= 0.3 is 5.97 Å². The van der Waals surface area contributed by atoms with Gasteiger partial charge in [-0.1, -0.05) is 12.1 Å². The normalized spacial score (nSPS) is 9.75. The average Bonchev–Trinajstić information content (AvgIpc) is 2.05. The third kappa shape index (κ3) is 2.34. The van der Waals surface area contributed by atoms with Crippen LogP contribution in [0.15, 0.2) is 24.3 Å². The minimum absolute atomic E-state index is 0.0196. The molecule has 1 aromatic carbocycles. The van der Waals surface area contributed by atoms with E-state index in [4.69, 9.17) is 10.3 Å². The Bertz CT molecular complexity index is 268. The monoisotopic (exact) mass is 168 g/mol. The maximum atomic E-state index is 10.3. The fourth-order valence-corrected chi connectivity index (χ4v) is 0.896. The maximum Gasteiger partial charge on any atom is 0.307 e. The third-order valence-corrected chi connectivity index (χ3v) is 1.48. The lowest BCUT2D eigenvalue weighted by atomic mass is 10.1. The zero-order chi connectivity index (χ0) is 8.97. The van der Waals surface area contributed by atoms with E-state index in [9.17, 15) is 4.79 Å². The molecule has 0 aliphatic carbocycles. The van der Waals surface area contributed by atoms with Gasteiger partial charge in [-0.05, 0) is 5.56 Å². The molecule has 0 bridgehead atoms. The fourth-order valence-electron chi connectivity index (χ4n) is 0.896. The Morgan fingerprint density at radius 3 is 2.33 bits per heavy atom. The lowest BCUT2D eigenvalue weighted by molar-refractivity contribution is -0.825. The van der Waals surface area contributed by atoms with E-state index in [-0.39, 0.29) is 6.42 Å². The van der Waals surface area contributed by atoms with E-state index in [1.165, 1.54) is 0 Å². The summed E-state index contributed by atoms with van der Waals surface area (Å²) >= 11 is 0. The molecule has 0 amide bonds. The highest BCUT2D eigenvalue weighted by atomic mass is 16.5. The molecule has 0 saturated heterocycles. The zero-order valence-electron chi connectivity index (χ0n) is 6.40. The Kier molecular flexibility index (Phi) is 2.79. The van der Waals surface area contributed by atoms with E-state index < -0.39 is 5.97 Å². The number of carbonyl (C=O) groups is 1. The molecule has 64 valence electrons. The number of carboxylic acid groups (broad SMARTS) is 1. The van der Waals surface area contributed by atoms with E-state index in [0.29, 0.717) is 5.69 Å². The van der Waals surface area contributed by atoms with Crippen molar-refractivity contribution in [3.8, 4) is 0 Å². The van der Waals surface area contributed by atoms with Crippen molar-refractivity contribution < 1.29 is 20.6 Å². The Morgan fingerprint density at radius 2 is 1.92 bits per heavy atom. The number of hydrogen-bond acceptors (Lipinski definition) is 2. The molecule has 0 unspecified atom stereocenters. The third-order valence-electron chi connectivity index (χ3n) is 1.48. The molecule has 0 atom stereocenters. The number of rotatable bonds is 3. The summed E-state index contributed by atoms with van der Waals surface area (Å²) in [6, 6.07) is 6.68. The van der Waals surface area contributed by atoms with Crippen molar-refractivity contribution in [1.29, 1.82) is 0 Å². The van der Waals surface area contributed by atoms with Crippen molar-refractivity contribution in [2.45, 2.75) is 6.42 Å². The molecule has 0 radical (unpaired) electrons. The smallest absolute Gasteiger partial charge is 0.307 e. The van der Waals surface area contributed by atoms with Gasteiger partial charge in [-0.3, -0.25) is 4.79 Å². The fraction of sp³-hybridized carbons (Fsp3) is 0.125. The van der Waals surface area contributed by atoms with Crippen LogP contribution >= 0.6 is 0 Å². The van der Waals surface area contributed by atoms with Gasteiger partial charge in [0.15, 0.2) is 5.69 Å². The molecule has 0 spiro atoms. The summed E-state index contributed by atoms with van der Waals surface area (Å²) < 4.78 is 0. The minimum atomic E-state index is -0.851. The number of hydrogen-bond donors (Lipinski definition) is 3. The van der Waals surface area contributed by atoms with Gasteiger partial charge in [0, 0.05) is 12.1 Å². The van der Waals surface area contributed by atoms with E-state index >= 15 is 0 Å². The SMILES string of the molecule is O=C(O)Cc1ccc([NH2+]O)cc1. The molecule has 0 aliphatic rings. The number of aliphatic carboxylic acids is 1. The van der Waals surface area contributed by atoms with Crippen molar-refractivity contribution in [2.75, 3.05) is 0 Å². The summed E-state index contributed by atoms with van der Waals surface area (Å²) in [7, 11) is 0. The molecule has 0 saturated carbocycles. The van der Waals surface area contributed by atoms with Crippen molar-refractivity contribution in [2.24, 2.45) is 0 Å². The van der Waals surface area contributed by atoms with E-state index in [1.54, 1.807) is 24.3 Å². The number of benzene rings is 1. The van der Waals surface area contributed by atoms with Gasteiger partial charge in [0.05, 0.1) is 6.42 Å². The molecule has 0 heterocycles. The quantitative estimate of drug-likeness (QED) is 0.435. The number of nitrogens with two attached hydrogens (primary N) is 1. The predicted molar refractivity (Wildman–Crippen MR) is 41.2 cm³/mol. The second-order valence-corrected chi connectivity index (χ2v) is 2.44. The first kappa shape index (κ1) is 8.70. The molecule has 4 N–H and O–H groups in total. The summed E-state index contributed by atoms with van der Waals surface area (Å²) in [5.74, 6) is -0.851. The summed E-state index contributed by atoms with van der Waals surface area (Å²) in [6.45, 7) is 0. The summed E-state index contributed by atoms with van der Waals surface area (Å²) in [4.78, 5) is 10.3. The van der Waals surface area contributed by atoms with Gasteiger partial charge in [-0.2, -0.15) is 5.48 Å². The first-order valence-electron chi connectivity index (χ1n) is 3.50. The Balaban J connectivity index is 2.71. The van der Waals surface area contributed by atoms with Crippen LogP contribution in [-0.4, -0.2) is 16.3 Å². The summed E-state index contributed by atoms with van der Waals surface area (Å²) in [5.41, 5.74) is 2.38. The average molecular weight is 168 g/mol. The van der Waals surface area contributed by atoms with E-state index in [2.05, 4.69) is 0 Å². The first-order valence-corrected chi connectivity index (χ1v) is 3.50. The number of quaternary nitrogens is 1. The van der Waals surface area contributed by atoms with Crippen molar-refractivity contribution >= 4 is 11.7 Å². The molecule has 4 heteroatoms. The lowest BCUT2D eigenvalue weighted by Gasteiger charge is -1.96. The van der Waals surface area contributed by atoms with E-state index in [1.807, 2.05) is 0 Å². The molecule has 0 aliphatic heterocycles. The van der Waals surface area contributed by atoms with Gasteiger partial charge in [0.25, 0.3) is 0 Å². The minimum Gasteiger partial charge on any atom is -0.481 e. The van der Waals surface area contributed by atoms with Crippen molar-refractivity contribution in [3.05, 3.63) is 29.8 Å². The molecular weight excluding hydrogens is 158 g/mol. The van der Waals surface area contributed by atoms with Crippen LogP contribution in [0.2, 0.25) is 0 Å². The Labute approximate surface area is 69.4 Å². The van der Waals surface area contributed by atoms with Crippen LogP contribution < -0.4 is 5.48 Å². The topological polar surface area (TPSA) is 74.1 Å². The molecule has 1 aromatic rings. The predicted octanol–water partition coefficient (Wildman–Crippen LogP) is -0.102. The standard InChI is InChI=1S/C8H9NO3/c10-8(11)5-6-1-3-7(9-12)4-2-6/h1-4,9,12H,5H2,(H,10,11)/p+1. The zero-order valence-corrected chi connectivity index (χ0v) is 6.40. The highest BCUT2D eigenvalue weighted by Crippen LogP contribution is 2.04. The van der Waals surface area contributed by atoms with Gasteiger partial charge in [-0.15, -0.1) is 0 Å². The summed E-state index contributed by atoms with van der Waals surface area (Å²) in [6.07, 6.45) is 0.0196. The van der Waals surface area contributed by atoms with Gasteiger partial charge < -0.3 is 5.11 Å². The summed E-state index contributed by atoms with van der Waals surface area (Å²) in [5, 5.41) is 17.0. The van der Waals surface area contributed by atoms with Gasteiger partial charge in [0.2, 0.25) is 0 Å². The van der Waals surface area contributed by atoms with Crippen molar-refractivity contribution in [3.63, 3.8) is 0 Å². The molecule has 12 heavy (non-hydrogen) atoms.